The third-order valence-corrected chi connectivity index (χ3v) is 4.23. The van der Waals surface area contributed by atoms with Crippen LogP contribution in [0.4, 0.5) is 11.4 Å². The SMILES string of the molecule is CC(=O)SCC(=O)Nc1ccc(Cl)c(NC(=O)CC(=O)C(C)(C)C)c1. The van der Waals surface area contributed by atoms with Crippen LogP contribution in [-0.4, -0.2) is 28.5 Å². The van der Waals surface area contributed by atoms with Crippen LogP contribution in [0.15, 0.2) is 18.2 Å². The van der Waals surface area contributed by atoms with E-state index in [0.717, 1.165) is 11.8 Å². The second-order valence-corrected chi connectivity index (χ2v) is 7.98. The molecule has 0 atom stereocenters. The van der Waals surface area contributed by atoms with Crippen LogP contribution in [0.3, 0.4) is 0 Å². The first-order chi connectivity index (χ1) is 11.5. The molecule has 0 heterocycles. The number of Topliss-reactive ketones (excluding diaryl/α,β-unsaturated/α-hetero) is 1. The van der Waals surface area contributed by atoms with E-state index in [1.54, 1.807) is 26.8 Å². The molecule has 0 aromatic heterocycles. The van der Waals surface area contributed by atoms with Crippen LogP contribution in [0, 0.1) is 5.41 Å². The Bertz CT molecular complexity index is 698. The maximum absolute atomic E-state index is 12.0. The van der Waals surface area contributed by atoms with Gasteiger partial charge in [0.15, 0.2) is 5.12 Å². The predicted molar refractivity (Wildman–Crippen MR) is 101 cm³/mol. The number of amides is 2. The Labute approximate surface area is 156 Å². The van der Waals surface area contributed by atoms with E-state index < -0.39 is 11.3 Å². The summed E-state index contributed by atoms with van der Waals surface area (Å²) in [6, 6.07) is 4.60. The second-order valence-electron chi connectivity index (χ2n) is 6.42. The minimum atomic E-state index is -0.606. The third kappa shape index (κ3) is 7.70. The van der Waals surface area contributed by atoms with Crippen LogP contribution < -0.4 is 10.6 Å². The Hall–Kier alpha value is -1.86. The van der Waals surface area contributed by atoms with E-state index >= 15 is 0 Å². The Morgan fingerprint density at radius 3 is 2.28 bits per heavy atom. The summed E-state index contributed by atoms with van der Waals surface area (Å²) >= 11 is 6.95. The average molecular weight is 385 g/mol. The van der Waals surface area contributed by atoms with Gasteiger partial charge in [-0.3, -0.25) is 19.2 Å². The van der Waals surface area contributed by atoms with Crippen molar-refractivity contribution in [3.8, 4) is 0 Å². The largest absolute Gasteiger partial charge is 0.325 e. The first kappa shape index (κ1) is 21.2. The maximum Gasteiger partial charge on any atom is 0.234 e. The number of hydrogen-bond donors (Lipinski definition) is 2. The molecule has 0 radical (unpaired) electrons. The summed E-state index contributed by atoms with van der Waals surface area (Å²) in [5, 5.41) is 5.32. The van der Waals surface area contributed by atoms with Crippen molar-refractivity contribution in [2.45, 2.75) is 34.1 Å². The van der Waals surface area contributed by atoms with Gasteiger partial charge in [-0.25, -0.2) is 0 Å². The van der Waals surface area contributed by atoms with Crippen LogP contribution in [-0.2, 0) is 19.2 Å². The zero-order valence-corrected chi connectivity index (χ0v) is 16.1. The van der Waals surface area contributed by atoms with Crippen molar-refractivity contribution < 1.29 is 19.2 Å². The summed E-state index contributed by atoms with van der Waals surface area (Å²) in [7, 11) is 0. The first-order valence-electron chi connectivity index (χ1n) is 7.55. The second kappa shape index (κ2) is 9.01. The molecule has 1 rings (SSSR count). The highest BCUT2D eigenvalue weighted by Gasteiger charge is 2.23. The van der Waals surface area contributed by atoms with Crippen LogP contribution in [0.25, 0.3) is 0 Å². The minimum absolute atomic E-state index is 0.000261. The van der Waals surface area contributed by atoms with Crippen molar-refractivity contribution in [1.29, 1.82) is 0 Å². The van der Waals surface area contributed by atoms with Crippen molar-refractivity contribution >= 4 is 57.5 Å². The molecule has 2 N–H and O–H groups in total. The molecule has 2 amide bonds. The van der Waals surface area contributed by atoms with Gasteiger partial charge in [0, 0.05) is 18.0 Å². The lowest BCUT2D eigenvalue weighted by molar-refractivity contribution is -0.130. The Morgan fingerprint density at radius 2 is 1.72 bits per heavy atom. The summed E-state index contributed by atoms with van der Waals surface area (Å²) in [4.78, 5) is 46.5. The molecule has 8 heteroatoms. The lowest BCUT2D eigenvalue weighted by atomic mass is 9.89. The Balaban J connectivity index is 2.74. The maximum atomic E-state index is 12.0. The molecule has 25 heavy (non-hydrogen) atoms. The monoisotopic (exact) mass is 384 g/mol. The number of thioether (sulfide) groups is 1. The number of carbonyl (C=O) groups is 4. The highest BCUT2D eigenvalue weighted by atomic mass is 35.5. The van der Waals surface area contributed by atoms with E-state index in [1.165, 1.54) is 19.1 Å². The molecule has 136 valence electrons. The zero-order valence-electron chi connectivity index (χ0n) is 14.6. The van der Waals surface area contributed by atoms with Gasteiger partial charge in [-0.05, 0) is 18.2 Å². The van der Waals surface area contributed by atoms with Crippen molar-refractivity contribution in [2.75, 3.05) is 16.4 Å². The molecule has 6 nitrogen and oxygen atoms in total. The fraction of sp³-hybridized carbons (Fsp3) is 0.412. The Morgan fingerprint density at radius 1 is 1.08 bits per heavy atom. The molecule has 1 aromatic rings. The molecule has 0 unspecified atom stereocenters. The normalized spacial score (nSPS) is 10.9. The molecule has 0 aliphatic heterocycles. The van der Waals surface area contributed by atoms with Crippen molar-refractivity contribution in [3.05, 3.63) is 23.2 Å². The summed E-state index contributed by atoms with van der Waals surface area (Å²) in [6.45, 7) is 6.60. The van der Waals surface area contributed by atoms with E-state index in [4.69, 9.17) is 11.6 Å². The molecule has 0 saturated carbocycles. The number of halogens is 1. The number of carbonyl (C=O) groups excluding carboxylic acids is 4. The van der Waals surface area contributed by atoms with E-state index in [-0.39, 0.29) is 34.0 Å². The third-order valence-electron chi connectivity index (χ3n) is 3.09. The van der Waals surface area contributed by atoms with Crippen molar-refractivity contribution in [3.63, 3.8) is 0 Å². The van der Waals surface area contributed by atoms with Gasteiger partial charge in [0.1, 0.15) is 5.78 Å². The molecular weight excluding hydrogens is 364 g/mol. The van der Waals surface area contributed by atoms with Gasteiger partial charge in [0.2, 0.25) is 11.8 Å². The standard InChI is InChI=1S/C17H21ClN2O4S/c1-10(21)25-9-16(24)19-11-5-6-12(18)13(7-11)20-15(23)8-14(22)17(2,3)4/h5-7H,8-9H2,1-4H3,(H,19,24)(H,20,23). The summed E-state index contributed by atoms with van der Waals surface area (Å²) in [5.74, 6) is -1.01. The highest BCUT2D eigenvalue weighted by Crippen LogP contribution is 2.26. The molecular formula is C17H21ClN2O4S. The minimum Gasteiger partial charge on any atom is -0.325 e. The van der Waals surface area contributed by atoms with Gasteiger partial charge in [-0.15, -0.1) is 0 Å². The van der Waals surface area contributed by atoms with E-state index in [0.29, 0.717) is 11.4 Å². The van der Waals surface area contributed by atoms with Crippen LogP contribution in [0.2, 0.25) is 5.02 Å². The molecule has 0 aliphatic rings. The number of ketones is 1. The number of hydrogen-bond acceptors (Lipinski definition) is 5. The number of benzene rings is 1. The van der Waals surface area contributed by atoms with E-state index in [9.17, 15) is 19.2 Å². The van der Waals surface area contributed by atoms with Crippen LogP contribution in [0.5, 0.6) is 0 Å². The zero-order chi connectivity index (χ0) is 19.2. The summed E-state index contributed by atoms with van der Waals surface area (Å²) < 4.78 is 0. The van der Waals surface area contributed by atoms with E-state index in [1.807, 2.05) is 0 Å². The smallest absolute Gasteiger partial charge is 0.234 e. The lowest BCUT2D eigenvalue weighted by Crippen LogP contribution is -2.26. The number of nitrogens with one attached hydrogen (secondary N) is 2. The molecule has 0 fully saturated rings. The van der Waals surface area contributed by atoms with Crippen molar-refractivity contribution in [1.82, 2.24) is 0 Å². The van der Waals surface area contributed by atoms with Gasteiger partial charge in [0.25, 0.3) is 0 Å². The average Bonchev–Trinajstić information content (AvgIpc) is 2.47. The fourth-order valence-corrected chi connectivity index (χ4v) is 2.24. The topological polar surface area (TPSA) is 92.3 Å². The molecule has 0 spiro atoms. The number of anilines is 2. The van der Waals surface area contributed by atoms with Gasteiger partial charge >= 0.3 is 0 Å². The first-order valence-corrected chi connectivity index (χ1v) is 8.91. The van der Waals surface area contributed by atoms with Crippen molar-refractivity contribution in [2.24, 2.45) is 5.41 Å². The predicted octanol–water partition coefficient (Wildman–Crippen LogP) is 3.50. The summed E-state index contributed by atoms with van der Waals surface area (Å²) in [6.07, 6.45) is -0.258. The molecule has 0 aliphatic carbocycles. The molecule has 0 bridgehead atoms. The van der Waals surface area contributed by atoms with Gasteiger partial charge in [-0.2, -0.15) is 0 Å². The fourth-order valence-electron chi connectivity index (χ4n) is 1.67. The van der Waals surface area contributed by atoms with Crippen LogP contribution >= 0.6 is 23.4 Å². The van der Waals surface area contributed by atoms with Gasteiger partial charge in [-0.1, -0.05) is 44.1 Å². The summed E-state index contributed by atoms with van der Waals surface area (Å²) in [5.41, 5.74) is 0.118. The highest BCUT2D eigenvalue weighted by molar-refractivity contribution is 8.14. The molecule has 0 saturated heterocycles. The van der Waals surface area contributed by atoms with Gasteiger partial charge < -0.3 is 10.6 Å². The number of rotatable bonds is 6. The van der Waals surface area contributed by atoms with Crippen LogP contribution in [0.1, 0.15) is 34.1 Å². The lowest BCUT2D eigenvalue weighted by Gasteiger charge is -2.16. The van der Waals surface area contributed by atoms with E-state index in [2.05, 4.69) is 10.6 Å². The Kier molecular flexibility index (Phi) is 7.63. The quantitative estimate of drug-likeness (QED) is 0.732. The van der Waals surface area contributed by atoms with Gasteiger partial charge in [0.05, 0.1) is 22.9 Å². The molecule has 1 aromatic carbocycles.